The number of hydrazone groups is 1. The van der Waals surface area contributed by atoms with Gasteiger partial charge in [0.2, 0.25) is 0 Å². The number of hydrogen-bond acceptors (Lipinski definition) is 6. The maximum absolute atomic E-state index is 12.3. The molecule has 0 aliphatic rings. The molecule has 132 valence electrons. The predicted octanol–water partition coefficient (Wildman–Crippen LogP) is 1.79. The highest BCUT2D eigenvalue weighted by Gasteiger charge is 2.13. The summed E-state index contributed by atoms with van der Waals surface area (Å²) >= 11 is 0. The zero-order chi connectivity index (χ0) is 18.5. The van der Waals surface area contributed by atoms with E-state index >= 15 is 0 Å². The third-order valence-corrected chi connectivity index (χ3v) is 3.61. The van der Waals surface area contributed by atoms with Crippen molar-refractivity contribution in [2.24, 2.45) is 5.10 Å². The first kappa shape index (κ1) is 17.2. The molecule has 0 aliphatic heterocycles. The van der Waals surface area contributed by atoms with Crippen molar-refractivity contribution in [1.29, 1.82) is 0 Å². The van der Waals surface area contributed by atoms with Gasteiger partial charge in [0.05, 0.1) is 18.2 Å². The van der Waals surface area contributed by atoms with Gasteiger partial charge in [0.25, 0.3) is 11.5 Å². The number of hydrogen-bond donors (Lipinski definition) is 3. The second-order valence-electron chi connectivity index (χ2n) is 5.27. The van der Waals surface area contributed by atoms with Crippen molar-refractivity contribution >= 4 is 22.9 Å². The van der Waals surface area contributed by atoms with Gasteiger partial charge >= 0.3 is 0 Å². The van der Waals surface area contributed by atoms with Gasteiger partial charge in [0, 0.05) is 10.9 Å². The maximum atomic E-state index is 12.3. The Balaban J connectivity index is 1.82. The summed E-state index contributed by atoms with van der Waals surface area (Å²) in [6.45, 7) is 2.22. The maximum Gasteiger partial charge on any atom is 0.292 e. The number of aromatic amines is 1. The molecule has 0 spiro atoms. The highest BCUT2D eigenvalue weighted by Crippen LogP contribution is 2.28. The monoisotopic (exact) mass is 352 g/mol. The Labute approximate surface area is 148 Å². The number of nitrogens with one attached hydrogen (secondary N) is 2. The lowest BCUT2D eigenvalue weighted by Gasteiger charge is -2.07. The average Bonchev–Trinajstić information content (AvgIpc) is 2.65. The topological polar surface area (TPSA) is 117 Å². The molecule has 8 nitrogen and oxygen atoms in total. The van der Waals surface area contributed by atoms with Gasteiger partial charge in [-0.1, -0.05) is 24.3 Å². The van der Waals surface area contributed by atoms with E-state index < -0.39 is 5.91 Å². The lowest BCUT2D eigenvalue weighted by molar-refractivity contribution is 0.0951. The summed E-state index contributed by atoms with van der Waals surface area (Å²) in [7, 11) is 0. The minimum absolute atomic E-state index is 0.0460. The number of phenolic OH excluding ortho intramolecular Hbond substituents is 1. The fraction of sp³-hybridized carbons (Fsp3) is 0.111. The molecule has 0 aliphatic carbocycles. The number of para-hydroxylation sites is 1. The van der Waals surface area contributed by atoms with Crippen LogP contribution in [-0.4, -0.2) is 34.0 Å². The molecule has 3 rings (SSSR count). The number of amides is 1. The minimum Gasteiger partial charge on any atom is -0.504 e. The van der Waals surface area contributed by atoms with Crippen LogP contribution in [0.25, 0.3) is 10.8 Å². The van der Waals surface area contributed by atoms with Crippen molar-refractivity contribution in [2.45, 2.75) is 6.92 Å². The van der Waals surface area contributed by atoms with E-state index in [0.717, 1.165) is 0 Å². The summed E-state index contributed by atoms with van der Waals surface area (Å²) in [5.41, 5.74) is 2.39. The van der Waals surface area contributed by atoms with E-state index in [1.807, 2.05) is 6.92 Å². The van der Waals surface area contributed by atoms with Crippen LogP contribution in [0, 0.1) is 0 Å². The summed E-state index contributed by atoms with van der Waals surface area (Å²) in [5, 5.41) is 20.8. The van der Waals surface area contributed by atoms with E-state index in [1.165, 1.54) is 6.21 Å². The number of aromatic hydroxyl groups is 1. The SMILES string of the molecule is CCOc1cccc(/C=N/NC(=O)c2n[nH]c(=O)c3ccccc23)c1O. The minimum atomic E-state index is -0.589. The Hall–Kier alpha value is -3.68. The van der Waals surface area contributed by atoms with Crippen LogP contribution in [0.3, 0.4) is 0 Å². The van der Waals surface area contributed by atoms with E-state index in [4.69, 9.17) is 4.74 Å². The molecule has 0 saturated heterocycles. The van der Waals surface area contributed by atoms with Gasteiger partial charge in [-0.25, -0.2) is 10.5 Å². The molecule has 0 saturated carbocycles. The van der Waals surface area contributed by atoms with Gasteiger partial charge < -0.3 is 9.84 Å². The molecule has 3 aromatic rings. The second-order valence-corrected chi connectivity index (χ2v) is 5.27. The molecular formula is C18H16N4O4. The third-order valence-electron chi connectivity index (χ3n) is 3.61. The fourth-order valence-electron chi connectivity index (χ4n) is 2.42. The van der Waals surface area contributed by atoms with Gasteiger partial charge in [-0.3, -0.25) is 9.59 Å². The van der Waals surface area contributed by atoms with Crippen LogP contribution in [0.2, 0.25) is 0 Å². The fourth-order valence-corrected chi connectivity index (χ4v) is 2.42. The summed E-state index contributed by atoms with van der Waals surface area (Å²) in [4.78, 5) is 24.1. The number of phenols is 1. The van der Waals surface area contributed by atoms with Crippen LogP contribution < -0.4 is 15.7 Å². The number of carbonyl (C=O) groups excluding carboxylic acids is 1. The van der Waals surface area contributed by atoms with Crippen LogP contribution in [0.4, 0.5) is 0 Å². The Morgan fingerprint density at radius 1 is 1.27 bits per heavy atom. The van der Waals surface area contributed by atoms with Crippen molar-refractivity contribution < 1.29 is 14.6 Å². The first-order valence-corrected chi connectivity index (χ1v) is 7.87. The van der Waals surface area contributed by atoms with Crippen LogP contribution >= 0.6 is 0 Å². The smallest absolute Gasteiger partial charge is 0.292 e. The molecule has 26 heavy (non-hydrogen) atoms. The summed E-state index contributed by atoms with van der Waals surface area (Å²) < 4.78 is 5.29. The zero-order valence-corrected chi connectivity index (χ0v) is 13.9. The molecule has 0 radical (unpaired) electrons. The lowest BCUT2D eigenvalue weighted by Crippen LogP contribution is -2.22. The molecule has 3 N–H and O–H groups in total. The van der Waals surface area contributed by atoms with Crippen LogP contribution in [-0.2, 0) is 0 Å². The first-order valence-electron chi connectivity index (χ1n) is 7.87. The van der Waals surface area contributed by atoms with Crippen molar-refractivity contribution in [3.05, 3.63) is 64.1 Å². The summed E-state index contributed by atoms with van der Waals surface area (Å²) in [6.07, 6.45) is 1.30. The molecule has 0 fully saturated rings. The molecule has 0 atom stereocenters. The normalized spacial score (nSPS) is 11.0. The Kier molecular flexibility index (Phi) is 4.93. The molecule has 1 amide bonds. The number of benzene rings is 2. The largest absolute Gasteiger partial charge is 0.504 e. The number of ether oxygens (including phenoxy) is 1. The van der Waals surface area contributed by atoms with Crippen LogP contribution in [0.1, 0.15) is 23.0 Å². The van der Waals surface area contributed by atoms with Crippen molar-refractivity contribution in [2.75, 3.05) is 6.61 Å². The number of rotatable bonds is 5. The van der Waals surface area contributed by atoms with Gasteiger partial charge in [0.15, 0.2) is 17.2 Å². The Morgan fingerprint density at radius 3 is 2.81 bits per heavy atom. The van der Waals surface area contributed by atoms with Gasteiger partial charge in [0.1, 0.15) is 0 Å². The van der Waals surface area contributed by atoms with E-state index in [-0.39, 0.29) is 17.0 Å². The molecule has 0 bridgehead atoms. The van der Waals surface area contributed by atoms with Gasteiger partial charge in [-0.05, 0) is 25.1 Å². The van der Waals surface area contributed by atoms with Crippen LogP contribution in [0.15, 0.2) is 52.4 Å². The van der Waals surface area contributed by atoms with E-state index in [9.17, 15) is 14.7 Å². The van der Waals surface area contributed by atoms with Crippen molar-refractivity contribution in [1.82, 2.24) is 15.6 Å². The highest BCUT2D eigenvalue weighted by molar-refractivity contribution is 6.04. The zero-order valence-electron chi connectivity index (χ0n) is 13.9. The predicted molar refractivity (Wildman–Crippen MR) is 96.7 cm³/mol. The molecule has 8 heteroatoms. The Morgan fingerprint density at radius 2 is 2.04 bits per heavy atom. The van der Waals surface area contributed by atoms with E-state index in [2.05, 4.69) is 20.7 Å². The van der Waals surface area contributed by atoms with Crippen LogP contribution in [0.5, 0.6) is 11.5 Å². The van der Waals surface area contributed by atoms with Crippen molar-refractivity contribution in [3.63, 3.8) is 0 Å². The first-order chi connectivity index (χ1) is 12.6. The molecule has 0 unspecified atom stereocenters. The summed E-state index contributed by atoms with van der Waals surface area (Å²) in [5.74, 6) is -0.329. The van der Waals surface area contributed by atoms with Gasteiger partial charge in [-0.15, -0.1) is 0 Å². The van der Waals surface area contributed by atoms with Crippen molar-refractivity contribution in [3.8, 4) is 11.5 Å². The quantitative estimate of drug-likeness (QED) is 0.478. The van der Waals surface area contributed by atoms with Gasteiger partial charge in [-0.2, -0.15) is 10.2 Å². The number of carbonyl (C=O) groups is 1. The highest BCUT2D eigenvalue weighted by atomic mass is 16.5. The molecule has 2 aromatic carbocycles. The van der Waals surface area contributed by atoms with E-state index in [1.54, 1.807) is 42.5 Å². The third kappa shape index (κ3) is 3.39. The number of nitrogens with zero attached hydrogens (tertiary/aromatic N) is 2. The Bertz CT molecular complexity index is 1040. The second kappa shape index (κ2) is 7.47. The molecule has 1 aromatic heterocycles. The number of H-pyrrole nitrogens is 1. The molecule has 1 heterocycles. The number of fused-ring (bicyclic) bond motifs is 1. The standard InChI is InChI=1S/C18H16N4O4/c1-2-26-14-9-5-6-11(16(14)23)10-19-21-18(25)15-12-7-3-4-8-13(12)17(24)22-20-15/h3-10,23H,2H2,1H3,(H,21,25)(H,22,24)/b19-10+. The summed E-state index contributed by atoms with van der Waals surface area (Å²) in [6, 6.07) is 11.6. The molecular weight excluding hydrogens is 336 g/mol. The lowest BCUT2D eigenvalue weighted by atomic mass is 10.1. The number of aromatic nitrogens is 2. The average molecular weight is 352 g/mol. The van der Waals surface area contributed by atoms with E-state index in [0.29, 0.717) is 28.7 Å².